The Morgan fingerprint density at radius 3 is 3.00 bits per heavy atom. The maximum Gasteiger partial charge on any atom is 0.358 e. The molecule has 2 aromatic heterocycles. The van der Waals surface area contributed by atoms with E-state index in [4.69, 9.17) is 9.63 Å². The van der Waals surface area contributed by atoms with Gasteiger partial charge in [0, 0.05) is 26.4 Å². The molecule has 0 atom stereocenters. The molecule has 0 aliphatic rings. The third-order valence-corrected chi connectivity index (χ3v) is 2.37. The zero-order chi connectivity index (χ0) is 13.7. The number of rotatable bonds is 7. The van der Waals surface area contributed by atoms with Gasteiger partial charge in [0.15, 0.2) is 11.5 Å². The summed E-state index contributed by atoms with van der Waals surface area (Å²) in [6.45, 7) is 3.65. The molecule has 9 heteroatoms. The van der Waals surface area contributed by atoms with Crippen LogP contribution in [0.2, 0.25) is 0 Å². The highest BCUT2D eigenvalue weighted by Gasteiger charge is 2.07. The van der Waals surface area contributed by atoms with Crippen LogP contribution in [0.3, 0.4) is 0 Å². The van der Waals surface area contributed by atoms with Crippen molar-refractivity contribution >= 4 is 5.97 Å². The minimum atomic E-state index is -1.08. The molecule has 0 aliphatic heterocycles. The van der Waals surface area contributed by atoms with Crippen LogP contribution in [0, 0.1) is 6.92 Å². The van der Waals surface area contributed by atoms with Gasteiger partial charge in [0.05, 0.1) is 12.7 Å². The Morgan fingerprint density at radius 2 is 2.37 bits per heavy atom. The lowest BCUT2D eigenvalue weighted by Gasteiger charge is -2.02. The molecule has 9 nitrogen and oxygen atoms in total. The topological polar surface area (TPSA) is 119 Å². The fourth-order valence-corrected chi connectivity index (χ4v) is 1.47. The number of nitrogens with one attached hydrogen (secondary N) is 1. The van der Waals surface area contributed by atoms with Crippen molar-refractivity contribution in [2.75, 3.05) is 13.1 Å². The number of hydrogen-bond donors (Lipinski definition) is 2. The molecule has 2 aromatic rings. The summed E-state index contributed by atoms with van der Waals surface area (Å²) in [6, 6.07) is 0. The largest absolute Gasteiger partial charge is 0.476 e. The molecule has 0 aliphatic carbocycles. The average Bonchev–Trinajstić information content (AvgIpc) is 2.98. The van der Waals surface area contributed by atoms with Crippen molar-refractivity contribution in [1.82, 2.24) is 30.5 Å². The van der Waals surface area contributed by atoms with E-state index >= 15 is 0 Å². The lowest BCUT2D eigenvalue weighted by atomic mass is 10.4. The molecular weight excluding hydrogens is 252 g/mol. The monoisotopic (exact) mass is 266 g/mol. The van der Waals surface area contributed by atoms with Crippen LogP contribution in [-0.2, 0) is 13.0 Å². The Hall–Kier alpha value is -2.29. The summed E-state index contributed by atoms with van der Waals surface area (Å²) in [7, 11) is 0. The lowest BCUT2D eigenvalue weighted by molar-refractivity contribution is 0.0690. The van der Waals surface area contributed by atoms with Crippen LogP contribution in [0.1, 0.15) is 22.2 Å². The molecule has 0 amide bonds. The first-order chi connectivity index (χ1) is 9.15. The molecule has 102 valence electrons. The summed E-state index contributed by atoms with van der Waals surface area (Å²) in [6.07, 6.45) is 2.07. The predicted molar refractivity (Wildman–Crippen MR) is 62.6 cm³/mol. The van der Waals surface area contributed by atoms with E-state index in [0.29, 0.717) is 37.8 Å². The van der Waals surface area contributed by atoms with Gasteiger partial charge in [-0.15, -0.1) is 5.10 Å². The quantitative estimate of drug-likeness (QED) is 0.644. The van der Waals surface area contributed by atoms with E-state index in [2.05, 4.69) is 25.8 Å². The normalized spacial score (nSPS) is 10.8. The van der Waals surface area contributed by atoms with Gasteiger partial charge in [-0.25, -0.2) is 4.79 Å². The van der Waals surface area contributed by atoms with E-state index in [1.165, 1.54) is 10.9 Å². The number of hydrogen-bond acceptors (Lipinski definition) is 7. The SMILES string of the molecule is Cc1nc(CCNCCn2cc(C(=O)O)nn2)no1. The van der Waals surface area contributed by atoms with Gasteiger partial charge in [-0.2, -0.15) is 4.98 Å². The molecule has 2 N–H and O–H groups in total. The number of aryl methyl sites for hydroxylation is 1. The van der Waals surface area contributed by atoms with Crippen molar-refractivity contribution in [2.24, 2.45) is 0 Å². The number of carbonyl (C=O) groups is 1. The standard InChI is InChI=1S/C10H14N6O3/c1-7-12-9(14-19-7)2-3-11-4-5-16-6-8(10(17)18)13-15-16/h6,11H,2-5H2,1H3,(H,17,18). The minimum Gasteiger partial charge on any atom is -0.476 e. The summed E-state index contributed by atoms with van der Waals surface area (Å²) in [5.41, 5.74) is -0.0535. The first-order valence-corrected chi connectivity index (χ1v) is 5.78. The molecule has 0 radical (unpaired) electrons. The van der Waals surface area contributed by atoms with Gasteiger partial charge in [0.2, 0.25) is 5.89 Å². The Labute approximate surface area is 108 Å². The van der Waals surface area contributed by atoms with E-state index in [-0.39, 0.29) is 5.69 Å². The smallest absolute Gasteiger partial charge is 0.358 e. The van der Waals surface area contributed by atoms with Crippen LogP contribution in [0.25, 0.3) is 0 Å². The molecular formula is C10H14N6O3. The van der Waals surface area contributed by atoms with Crippen LogP contribution in [0.5, 0.6) is 0 Å². The van der Waals surface area contributed by atoms with Crippen molar-refractivity contribution in [3.63, 3.8) is 0 Å². The van der Waals surface area contributed by atoms with Crippen molar-refractivity contribution in [2.45, 2.75) is 19.9 Å². The lowest BCUT2D eigenvalue weighted by Crippen LogP contribution is -2.23. The third-order valence-electron chi connectivity index (χ3n) is 2.37. The Morgan fingerprint density at radius 1 is 1.53 bits per heavy atom. The number of aromatic nitrogens is 5. The molecule has 0 fully saturated rings. The van der Waals surface area contributed by atoms with Crippen LogP contribution in [0.4, 0.5) is 0 Å². The fraction of sp³-hybridized carbons (Fsp3) is 0.500. The number of aromatic carboxylic acids is 1. The predicted octanol–water partition coefficient (Wildman–Crippen LogP) is -0.500. The highest BCUT2D eigenvalue weighted by Crippen LogP contribution is 1.95. The second-order valence-electron chi connectivity index (χ2n) is 3.90. The number of carboxylic acid groups (broad SMARTS) is 1. The molecule has 0 saturated heterocycles. The molecule has 19 heavy (non-hydrogen) atoms. The Balaban J connectivity index is 1.65. The van der Waals surface area contributed by atoms with Crippen molar-refractivity contribution in [3.05, 3.63) is 23.6 Å². The summed E-state index contributed by atoms with van der Waals surface area (Å²) in [5, 5.41) is 22.9. The molecule has 2 rings (SSSR count). The van der Waals surface area contributed by atoms with Gasteiger partial charge in [-0.3, -0.25) is 4.68 Å². The third kappa shape index (κ3) is 3.85. The summed E-state index contributed by atoms with van der Waals surface area (Å²) in [5.74, 6) is 0.143. The zero-order valence-electron chi connectivity index (χ0n) is 10.4. The van der Waals surface area contributed by atoms with Crippen LogP contribution < -0.4 is 5.32 Å². The van der Waals surface area contributed by atoms with Gasteiger partial charge in [0.1, 0.15) is 0 Å². The van der Waals surface area contributed by atoms with Gasteiger partial charge in [0.25, 0.3) is 0 Å². The van der Waals surface area contributed by atoms with Gasteiger partial charge < -0.3 is 14.9 Å². The summed E-state index contributed by atoms with van der Waals surface area (Å²) >= 11 is 0. The average molecular weight is 266 g/mol. The van der Waals surface area contributed by atoms with Crippen molar-refractivity contribution in [3.8, 4) is 0 Å². The number of nitrogens with zero attached hydrogens (tertiary/aromatic N) is 5. The Kier molecular flexibility index (Phi) is 4.18. The highest BCUT2D eigenvalue weighted by molar-refractivity contribution is 5.84. The fourth-order valence-electron chi connectivity index (χ4n) is 1.47. The van der Waals surface area contributed by atoms with E-state index in [1.807, 2.05) is 0 Å². The van der Waals surface area contributed by atoms with Crippen LogP contribution >= 0.6 is 0 Å². The van der Waals surface area contributed by atoms with E-state index in [0.717, 1.165) is 0 Å². The van der Waals surface area contributed by atoms with Crippen LogP contribution in [0.15, 0.2) is 10.7 Å². The van der Waals surface area contributed by atoms with Crippen molar-refractivity contribution < 1.29 is 14.4 Å². The molecule has 0 unspecified atom stereocenters. The Bertz CT molecular complexity index is 549. The summed E-state index contributed by atoms with van der Waals surface area (Å²) < 4.78 is 6.33. The maximum atomic E-state index is 10.6. The highest BCUT2D eigenvalue weighted by atomic mass is 16.5. The molecule has 0 bridgehead atoms. The first kappa shape index (κ1) is 13.1. The van der Waals surface area contributed by atoms with Crippen molar-refractivity contribution in [1.29, 1.82) is 0 Å². The zero-order valence-corrected chi connectivity index (χ0v) is 10.4. The van der Waals surface area contributed by atoms with E-state index < -0.39 is 5.97 Å². The van der Waals surface area contributed by atoms with Gasteiger partial charge in [-0.05, 0) is 0 Å². The second-order valence-corrected chi connectivity index (χ2v) is 3.90. The molecule has 0 spiro atoms. The second kappa shape index (κ2) is 6.05. The summed E-state index contributed by atoms with van der Waals surface area (Å²) in [4.78, 5) is 14.7. The minimum absolute atomic E-state index is 0.0535. The van der Waals surface area contributed by atoms with Crippen LogP contribution in [-0.4, -0.2) is 49.3 Å². The van der Waals surface area contributed by atoms with Gasteiger partial charge >= 0.3 is 5.97 Å². The van der Waals surface area contributed by atoms with Gasteiger partial charge in [-0.1, -0.05) is 10.4 Å². The maximum absolute atomic E-state index is 10.6. The molecule has 2 heterocycles. The first-order valence-electron chi connectivity index (χ1n) is 5.78. The van der Waals surface area contributed by atoms with E-state index in [9.17, 15) is 4.79 Å². The van der Waals surface area contributed by atoms with E-state index in [1.54, 1.807) is 6.92 Å². The molecule has 0 saturated carbocycles. The number of carboxylic acids is 1. The molecule has 0 aromatic carbocycles.